The van der Waals surface area contributed by atoms with Crippen molar-refractivity contribution >= 4 is 32.9 Å². The second-order valence-corrected chi connectivity index (χ2v) is 8.78. The summed E-state index contributed by atoms with van der Waals surface area (Å²) < 4.78 is 16.7. The molecule has 0 unspecified atom stereocenters. The van der Waals surface area contributed by atoms with Crippen molar-refractivity contribution in [3.63, 3.8) is 0 Å². The molecule has 0 saturated carbocycles. The first-order valence-corrected chi connectivity index (χ1v) is 11.7. The number of benzene rings is 1. The van der Waals surface area contributed by atoms with Crippen LogP contribution in [0.3, 0.4) is 0 Å². The second-order valence-electron chi connectivity index (χ2n) is 7.81. The third kappa shape index (κ3) is 4.74. The van der Waals surface area contributed by atoms with Gasteiger partial charge in [-0.1, -0.05) is 29.5 Å². The van der Waals surface area contributed by atoms with Crippen molar-refractivity contribution < 1.29 is 19.0 Å². The van der Waals surface area contributed by atoms with Crippen LogP contribution in [0.5, 0.6) is 5.75 Å². The fourth-order valence-electron chi connectivity index (χ4n) is 3.79. The molecule has 4 heterocycles. The van der Waals surface area contributed by atoms with Gasteiger partial charge in [0, 0.05) is 29.4 Å². The molecule has 1 amide bonds. The number of para-hydroxylation sites is 1. The van der Waals surface area contributed by atoms with Crippen LogP contribution in [0.4, 0.5) is 5.13 Å². The van der Waals surface area contributed by atoms with E-state index in [1.165, 1.54) is 11.3 Å². The molecular formula is C24H23N5O4S. The third-order valence-corrected chi connectivity index (χ3v) is 6.25. The van der Waals surface area contributed by atoms with Gasteiger partial charge >= 0.3 is 0 Å². The normalized spacial score (nSPS) is 15.9. The molecule has 0 spiro atoms. The van der Waals surface area contributed by atoms with Crippen molar-refractivity contribution in [3.8, 4) is 16.9 Å². The fraction of sp³-hybridized carbons (Fsp3) is 0.292. The Morgan fingerprint density at radius 3 is 2.88 bits per heavy atom. The molecule has 1 aromatic carbocycles. The Morgan fingerprint density at radius 1 is 1.18 bits per heavy atom. The van der Waals surface area contributed by atoms with E-state index in [4.69, 9.17) is 14.2 Å². The summed E-state index contributed by atoms with van der Waals surface area (Å²) in [7, 11) is 1.61. The van der Waals surface area contributed by atoms with Crippen LogP contribution < -0.4 is 10.1 Å². The molecule has 1 fully saturated rings. The maximum Gasteiger partial charge on any atom is 0.259 e. The summed E-state index contributed by atoms with van der Waals surface area (Å²) in [5.74, 6) is 0.357. The molecule has 1 atom stereocenters. The molecule has 3 aromatic heterocycles. The van der Waals surface area contributed by atoms with Gasteiger partial charge in [-0.05, 0) is 19.1 Å². The smallest absolute Gasteiger partial charge is 0.259 e. The number of carbonyl (C=O) groups is 1. The molecular weight excluding hydrogens is 454 g/mol. The Morgan fingerprint density at radius 2 is 2.06 bits per heavy atom. The number of rotatable bonds is 6. The van der Waals surface area contributed by atoms with Crippen molar-refractivity contribution in [1.82, 2.24) is 19.9 Å². The predicted octanol–water partition coefficient (Wildman–Crippen LogP) is 3.68. The highest BCUT2D eigenvalue weighted by atomic mass is 32.1. The standard InChI is InChI=1S/C24H23N5O4S/c1-14-9-18(17-5-3-4-6-20(17)31-2)19(12-25-14)22(30)29-24-28-21-23(34-24)27-15(11-26-21)10-16-13-32-7-8-33-16/h3-6,9,11-12,16H,7-8,10,13H2,1-2H3,(H,26,28,29,30)/t16-/m1/s1. The molecule has 1 aliphatic rings. The topological polar surface area (TPSA) is 108 Å². The summed E-state index contributed by atoms with van der Waals surface area (Å²) in [5, 5.41) is 3.30. The van der Waals surface area contributed by atoms with Crippen LogP contribution in [0, 0.1) is 6.92 Å². The first-order valence-electron chi connectivity index (χ1n) is 10.8. The number of nitrogens with zero attached hydrogens (tertiary/aromatic N) is 4. The Hall–Kier alpha value is -3.47. The highest BCUT2D eigenvalue weighted by Crippen LogP contribution is 2.33. The number of fused-ring (bicyclic) bond motifs is 1. The lowest BCUT2D eigenvalue weighted by Gasteiger charge is -2.22. The molecule has 10 heteroatoms. The van der Waals surface area contributed by atoms with E-state index < -0.39 is 0 Å². The monoisotopic (exact) mass is 477 g/mol. The van der Waals surface area contributed by atoms with Gasteiger partial charge in [0.1, 0.15) is 5.75 Å². The Balaban J connectivity index is 1.39. The Bertz CT molecular complexity index is 1340. The lowest BCUT2D eigenvalue weighted by molar-refractivity contribution is -0.0875. The van der Waals surface area contributed by atoms with Crippen molar-refractivity contribution in [3.05, 3.63) is 59.7 Å². The molecule has 1 saturated heterocycles. The quantitative estimate of drug-likeness (QED) is 0.448. The van der Waals surface area contributed by atoms with Crippen molar-refractivity contribution in [2.75, 3.05) is 32.2 Å². The van der Waals surface area contributed by atoms with Gasteiger partial charge in [-0.15, -0.1) is 0 Å². The van der Waals surface area contributed by atoms with Crippen LogP contribution in [-0.2, 0) is 15.9 Å². The Kier molecular flexibility index (Phi) is 6.43. The summed E-state index contributed by atoms with van der Waals surface area (Å²) in [5.41, 5.74) is 4.04. The van der Waals surface area contributed by atoms with E-state index in [1.54, 1.807) is 19.5 Å². The van der Waals surface area contributed by atoms with Crippen molar-refractivity contribution in [2.24, 2.45) is 0 Å². The van der Waals surface area contributed by atoms with Crippen LogP contribution in [0.25, 0.3) is 21.6 Å². The largest absolute Gasteiger partial charge is 0.496 e. The minimum Gasteiger partial charge on any atom is -0.496 e. The minimum atomic E-state index is -0.319. The SMILES string of the molecule is COc1ccccc1-c1cc(C)ncc1C(=O)Nc1nc2ncc(C[C@@H]3COCCO3)nc2s1. The highest BCUT2D eigenvalue weighted by molar-refractivity contribution is 7.21. The van der Waals surface area contributed by atoms with Gasteiger partial charge in [0.15, 0.2) is 15.6 Å². The second kappa shape index (κ2) is 9.80. The summed E-state index contributed by atoms with van der Waals surface area (Å²) in [4.78, 5) is 31.7. The van der Waals surface area contributed by atoms with E-state index in [9.17, 15) is 4.79 Å². The van der Waals surface area contributed by atoms with Gasteiger partial charge in [0.2, 0.25) is 0 Å². The molecule has 34 heavy (non-hydrogen) atoms. The van der Waals surface area contributed by atoms with Crippen LogP contribution in [0.2, 0.25) is 0 Å². The summed E-state index contributed by atoms with van der Waals surface area (Å²) in [6.45, 7) is 3.63. The molecule has 5 rings (SSSR count). The number of ether oxygens (including phenoxy) is 3. The molecule has 1 N–H and O–H groups in total. The van der Waals surface area contributed by atoms with Crippen LogP contribution in [-0.4, -0.2) is 58.9 Å². The number of amides is 1. The first-order chi connectivity index (χ1) is 16.6. The van der Waals surface area contributed by atoms with Gasteiger partial charge < -0.3 is 14.2 Å². The van der Waals surface area contributed by atoms with Crippen molar-refractivity contribution in [1.29, 1.82) is 0 Å². The number of carbonyl (C=O) groups excluding carboxylic acids is 1. The number of thiazole rings is 1. The number of hydrogen-bond donors (Lipinski definition) is 1. The maximum atomic E-state index is 13.2. The summed E-state index contributed by atoms with van der Waals surface area (Å²) in [6, 6.07) is 9.44. The van der Waals surface area contributed by atoms with E-state index in [1.807, 2.05) is 37.3 Å². The third-order valence-electron chi connectivity index (χ3n) is 5.40. The zero-order valence-corrected chi connectivity index (χ0v) is 19.6. The average molecular weight is 478 g/mol. The molecule has 0 bridgehead atoms. The van der Waals surface area contributed by atoms with E-state index in [0.717, 1.165) is 22.5 Å². The fourth-order valence-corrected chi connectivity index (χ4v) is 4.60. The Labute approximate surface area is 200 Å². The lowest BCUT2D eigenvalue weighted by Crippen LogP contribution is -2.30. The van der Waals surface area contributed by atoms with Gasteiger partial charge in [0.05, 0.1) is 50.5 Å². The maximum absolute atomic E-state index is 13.2. The summed E-state index contributed by atoms with van der Waals surface area (Å²) >= 11 is 1.28. The molecule has 1 aliphatic heterocycles. The lowest BCUT2D eigenvalue weighted by atomic mass is 9.99. The first kappa shape index (κ1) is 22.3. The number of aromatic nitrogens is 4. The highest BCUT2D eigenvalue weighted by Gasteiger charge is 2.20. The summed E-state index contributed by atoms with van der Waals surface area (Å²) in [6.07, 6.45) is 3.84. The number of aryl methyl sites for hydroxylation is 1. The van der Waals surface area contributed by atoms with Crippen LogP contribution in [0.1, 0.15) is 21.7 Å². The predicted molar refractivity (Wildman–Crippen MR) is 128 cm³/mol. The van der Waals surface area contributed by atoms with Gasteiger partial charge in [-0.25, -0.2) is 9.97 Å². The zero-order valence-electron chi connectivity index (χ0n) is 18.8. The van der Waals surface area contributed by atoms with Gasteiger partial charge in [0.25, 0.3) is 5.91 Å². The van der Waals surface area contributed by atoms with Crippen LogP contribution in [0.15, 0.2) is 42.7 Å². The van der Waals surface area contributed by atoms with Crippen LogP contribution >= 0.6 is 11.3 Å². The number of nitrogens with one attached hydrogen (secondary N) is 1. The van der Waals surface area contributed by atoms with Gasteiger partial charge in [-0.2, -0.15) is 4.98 Å². The van der Waals surface area contributed by atoms with E-state index in [2.05, 4.69) is 25.3 Å². The van der Waals surface area contributed by atoms with E-state index >= 15 is 0 Å². The van der Waals surface area contributed by atoms with E-state index in [0.29, 0.717) is 53.2 Å². The number of hydrogen-bond acceptors (Lipinski definition) is 9. The molecule has 0 aliphatic carbocycles. The molecule has 0 radical (unpaired) electrons. The molecule has 9 nitrogen and oxygen atoms in total. The number of anilines is 1. The molecule has 174 valence electrons. The van der Waals surface area contributed by atoms with Crippen molar-refractivity contribution in [2.45, 2.75) is 19.4 Å². The molecule has 4 aromatic rings. The number of methoxy groups -OCH3 is 1. The average Bonchev–Trinajstić information content (AvgIpc) is 3.26. The zero-order chi connectivity index (χ0) is 23.5. The number of pyridine rings is 1. The van der Waals surface area contributed by atoms with E-state index in [-0.39, 0.29) is 12.0 Å². The van der Waals surface area contributed by atoms with Gasteiger partial charge in [-0.3, -0.25) is 15.1 Å². The minimum absolute atomic E-state index is 0.0324.